The topological polar surface area (TPSA) is 50.7 Å². The summed E-state index contributed by atoms with van der Waals surface area (Å²) in [6, 6.07) is 7.23. The molecular weight excluding hydrogens is 340 g/mol. The number of benzene rings is 1. The van der Waals surface area contributed by atoms with Crippen molar-refractivity contribution < 1.29 is 9.53 Å². The van der Waals surface area contributed by atoms with Gasteiger partial charge in [0.1, 0.15) is 0 Å². The molecule has 1 aromatic carbocycles. The molecule has 1 aromatic rings. The summed E-state index contributed by atoms with van der Waals surface area (Å²) >= 11 is 6.25. The number of hydrogen-bond acceptors (Lipinski definition) is 4. The van der Waals surface area contributed by atoms with Crippen LogP contribution in [0, 0.1) is 0 Å². The molecule has 6 heteroatoms. The van der Waals surface area contributed by atoms with Gasteiger partial charge in [0.2, 0.25) is 0 Å². The smallest absolute Gasteiger partial charge is 0.359 e. The summed E-state index contributed by atoms with van der Waals surface area (Å²) < 4.78 is 8.24. The van der Waals surface area contributed by atoms with Crippen molar-refractivity contribution in [3.05, 3.63) is 34.3 Å². The average molecular weight is 350 g/mol. The zero-order valence-corrected chi connectivity index (χ0v) is 11.7. The van der Waals surface area contributed by atoms with Crippen molar-refractivity contribution in [2.75, 3.05) is 6.61 Å². The first-order valence-corrected chi connectivity index (χ1v) is 6.14. The predicted octanol–water partition coefficient (Wildman–Crippen LogP) is 2.62. The van der Waals surface area contributed by atoms with E-state index in [1.807, 2.05) is 12.1 Å². The number of carbonyl (C=O) groups is 1. The maximum Gasteiger partial charge on any atom is 0.359 e. The lowest BCUT2D eigenvalue weighted by molar-refractivity contribution is -0.134. The second-order valence-electron chi connectivity index (χ2n) is 2.77. The molecule has 0 radical (unpaired) electrons. The van der Waals surface area contributed by atoms with Gasteiger partial charge in [-0.3, -0.25) is 0 Å². The Hall–Kier alpha value is -0.880. The molecule has 0 saturated heterocycles. The Morgan fingerprint density at radius 1 is 1.44 bits per heavy atom. The number of esters is 1. The summed E-state index contributed by atoms with van der Waals surface area (Å²) in [4.78, 5) is 11.6. The van der Waals surface area contributed by atoms with E-state index in [2.05, 4.69) is 41.6 Å². The molecule has 86 valence electrons. The molecule has 1 N–H and O–H groups in total. The Kier molecular flexibility index (Phi) is 5.48. The fourth-order valence-electron chi connectivity index (χ4n) is 1.08. The second-order valence-corrected chi connectivity index (χ2v) is 4.04. The third-order valence-corrected chi connectivity index (χ3v) is 2.45. The Balaban J connectivity index is 2.99. The van der Waals surface area contributed by atoms with E-state index in [0.29, 0.717) is 12.2 Å². The van der Waals surface area contributed by atoms with Crippen molar-refractivity contribution in [3.8, 4) is 0 Å². The van der Waals surface area contributed by atoms with Crippen LogP contribution in [0.1, 0.15) is 12.5 Å². The van der Waals surface area contributed by atoms with Gasteiger partial charge in [0.05, 0.1) is 22.8 Å². The van der Waals surface area contributed by atoms with Crippen LogP contribution in [0.2, 0.25) is 0 Å². The minimum Gasteiger partial charge on any atom is -0.461 e. The number of rotatable bonds is 4. The van der Waals surface area contributed by atoms with Gasteiger partial charge in [-0.1, -0.05) is 28.1 Å². The molecule has 0 aliphatic rings. The highest BCUT2D eigenvalue weighted by molar-refractivity contribution is 9.10. The predicted molar refractivity (Wildman–Crippen MR) is 69.4 cm³/mol. The van der Waals surface area contributed by atoms with Gasteiger partial charge in [-0.25, -0.2) is 9.25 Å². The van der Waals surface area contributed by atoms with E-state index in [1.54, 1.807) is 19.1 Å². The van der Waals surface area contributed by atoms with Gasteiger partial charge in [-0.15, -0.1) is 0 Å². The maximum atomic E-state index is 11.6. The average Bonchev–Trinajstić information content (AvgIpc) is 2.28. The zero-order valence-electron chi connectivity index (χ0n) is 8.54. The molecule has 0 fully saturated rings. The first kappa shape index (κ1) is 13.2. The van der Waals surface area contributed by atoms with Crippen LogP contribution in [-0.4, -0.2) is 18.3 Å². The maximum absolute atomic E-state index is 11.6. The highest BCUT2D eigenvalue weighted by Gasteiger charge is 2.15. The van der Waals surface area contributed by atoms with Crippen molar-refractivity contribution in [1.29, 1.82) is 0 Å². The third-order valence-electron chi connectivity index (χ3n) is 1.74. The standard InChI is InChI=1S/C10H10Br2N2O2/c1-2-16-10(15)9(13-14-12)7-3-5-8(11)6-4-7/h3-6,14H,2H2,1H3. The quantitative estimate of drug-likeness (QED) is 0.393. The molecular formula is C10H10Br2N2O2. The van der Waals surface area contributed by atoms with Gasteiger partial charge < -0.3 is 4.74 Å². The van der Waals surface area contributed by atoms with Gasteiger partial charge in [0, 0.05) is 10.0 Å². The number of nitrogens with zero attached hydrogens (tertiary/aromatic N) is 1. The van der Waals surface area contributed by atoms with Gasteiger partial charge in [0.15, 0.2) is 5.71 Å². The fraction of sp³-hybridized carbons (Fsp3) is 0.200. The monoisotopic (exact) mass is 348 g/mol. The van der Waals surface area contributed by atoms with Crippen LogP contribution in [0.3, 0.4) is 0 Å². The summed E-state index contributed by atoms with van der Waals surface area (Å²) in [6.07, 6.45) is 0. The minimum atomic E-state index is -0.461. The first-order chi connectivity index (χ1) is 7.69. The van der Waals surface area contributed by atoms with Gasteiger partial charge in [-0.2, -0.15) is 5.10 Å². The molecule has 4 nitrogen and oxygen atoms in total. The van der Waals surface area contributed by atoms with Crippen molar-refractivity contribution in [3.63, 3.8) is 0 Å². The third kappa shape index (κ3) is 3.61. The van der Waals surface area contributed by atoms with Crippen LogP contribution < -0.4 is 4.45 Å². The van der Waals surface area contributed by atoms with E-state index in [1.165, 1.54) is 0 Å². The molecule has 16 heavy (non-hydrogen) atoms. The Bertz CT molecular complexity index is 390. The second kappa shape index (κ2) is 6.65. The molecule has 0 saturated carbocycles. The van der Waals surface area contributed by atoms with Crippen molar-refractivity contribution in [2.45, 2.75) is 6.92 Å². The number of hydrazone groups is 1. The molecule has 0 aliphatic carbocycles. The van der Waals surface area contributed by atoms with Gasteiger partial charge >= 0.3 is 5.97 Å². The van der Waals surface area contributed by atoms with Crippen LogP contribution in [0.15, 0.2) is 33.8 Å². The number of nitrogens with one attached hydrogen (secondary N) is 1. The molecule has 0 amide bonds. The zero-order chi connectivity index (χ0) is 12.0. The van der Waals surface area contributed by atoms with E-state index in [9.17, 15) is 4.79 Å². The van der Waals surface area contributed by atoms with E-state index in [4.69, 9.17) is 4.74 Å². The molecule has 0 unspecified atom stereocenters. The molecule has 0 spiro atoms. The highest BCUT2D eigenvalue weighted by Crippen LogP contribution is 2.12. The molecule has 0 atom stereocenters. The number of halogens is 2. The Labute approximate surface area is 111 Å². The van der Waals surface area contributed by atoms with Gasteiger partial charge in [-0.05, 0) is 19.1 Å². The lowest BCUT2D eigenvalue weighted by atomic mass is 10.1. The first-order valence-electron chi connectivity index (χ1n) is 4.55. The normalized spacial score (nSPS) is 11.1. The summed E-state index contributed by atoms with van der Waals surface area (Å²) in [5, 5.41) is 3.84. The van der Waals surface area contributed by atoms with Crippen LogP contribution >= 0.6 is 32.1 Å². The number of ether oxygens (including phenoxy) is 1. The lowest BCUT2D eigenvalue weighted by Crippen LogP contribution is -2.20. The molecule has 1 rings (SSSR count). The Morgan fingerprint density at radius 3 is 2.56 bits per heavy atom. The van der Waals surface area contributed by atoms with Gasteiger partial charge in [0.25, 0.3) is 0 Å². The van der Waals surface area contributed by atoms with Crippen LogP contribution in [0.5, 0.6) is 0 Å². The van der Waals surface area contributed by atoms with Crippen LogP contribution in [0.25, 0.3) is 0 Å². The van der Waals surface area contributed by atoms with Crippen molar-refractivity contribution >= 4 is 43.8 Å². The minimum absolute atomic E-state index is 0.228. The van der Waals surface area contributed by atoms with Crippen LogP contribution in [0.4, 0.5) is 0 Å². The summed E-state index contributed by atoms with van der Waals surface area (Å²) in [5.74, 6) is -0.461. The summed E-state index contributed by atoms with van der Waals surface area (Å²) in [6.45, 7) is 2.06. The molecule has 0 bridgehead atoms. The fourth-order valence-corrected chi connectivity index (χ4v) is 1.52. The van der Waals surface area contributed by atoms with E-state index >= 15 is 0 Å². The largest absolute Gasteiger partial charge is 0.461 e. The lowest BCUT2D eigenvalue weighted by Gasteiger charge is -2.05. The van der Waals surface area contributed by atoms with E-state index < -0.39 is 5.97 Å². The number of hydrogen-bond donors (Lipinski definition) is 1. The van der Waals surface area contributed by atoms with Crippen molar-refractivity contribution in [1.82, 2.24) is 4.45 Å². The van der Waals surface area contributed by atoms with E-state index in [0.717, 1.165) is 4.47 Å². The van der Waals surface area contributed by atoms with E-state index in [-0.39, 0.29) is 5.71 Å². The highest BCUT2D eigenvalue weighted by atomic mass is 79.9. The van der Waals surface area contributed by atoms with Crippen molar-refractivity contribution in [2.24, 2.45) is 5.10 Å². The SMILES string of the molecule is CCOC(=O)C(=NNBr)c1ccc(Br)cc1. The Morgan fingerprint density at radius 2 is 2.06 bits per heavy atom. The molecule has 0 aromatic heterocycles. The summed E-state index contributed by atoms with van der Waals surface area (Å²) in [5.41, 5.74) is 0.917. The number of carbonyl (C=O) groups excluding carboxylic acids is 1. The molecule has 0 aliphatic heterocycles. The molecule has 0 heterocycles. The summed E-state index contributed by atoms with van der Waals surface area (Å²) in [7, 11) is 0. The van der Waals surface area contributed by atoms with Crippen LogP contribution in [-0.2, 0) is 9.53 Å².